The van der Waals surface area contributed by atoms with E-state index in [2.05, 4.69) is 0 Å². The number of benzene rings is 2. The average Bonchev–Trinajstić information content (AvgIpc) is 2.60. The van der Waals surface area contributed by atoms with Crippen LogP contribution in [0.4, 0.5) is 0 Å². The maximum atomic E-state index is 12.3. The number of rotatable bonds is 9. The number of carboxylic acid groups (broad SMARTS) is 1. The summed E-state index contributed by atoms with van der Waals surface area (Å²) in [6, 6.07) is 13.2. The lowest BCUT2D eigenvalue weighted by Crippen LogP contribution is -2.13. The summed E-state index contributed by atoms with van der Waals surface area (Å²) < 4.78 is 24.6. The van der Waals surface area contributed by atoms with E-state index in [1.807, 2.05) is 0 Å². The monoisotopic (exact) mass is 396 g/mol. The van der Waals surface area contributed by atoms with Gasteiger partial charge in [-0.3, -0.25) is 4.79 Å². The van der Waals surface area contributed by atoms with Crippen molar-refractivity contribution in [2.45, 2.75) is 30.1 Å². The Kier molecular flexibility index (Phi) is 7.20. The number of aliphatic hydroxyl groups excluding tert-OH is 1. The van der Waals surface area contributed by atoms with Gasteiger partial charge in [-0.15, -0.1) is 0 Å². The highest BCUT2D eigenvalue weighted by atomic mass is 35.5. The molecule has 0 spiro atoms. The first-order chi connectivity index (χ1) is 12.3. The van der Waals surface area contributed by atoms with E-state index in [-0.39, 0.29) is 23.7 Å². The molecule has 0 aliphatic rings. The lowest BCUT2D eigenvalue weighted by atomic mass is 9.95. The summed E-state index contributed by atoms with van der Waals surface area (Å²) in [5.41, 5.74) is 1.57. The molecule has 1 unspecified atom stereocenters. The van der Waals surface area contributed by atoms with Crippen LogP contribution in [-0.2, 0) is 21.1 Å². The lowest BCUT2D eigenvalue weighted by Gasteiger charge is -2.12. The van der Waals surface area contributed by atoms with E-state index < -0.39 is 21.7 Å². The molecule has 0 heterocycles. The molecule has 0 fully saturated rings. The van der Waals surface area contributed by atoms with Gasteiger partial charge in [-0.2, -0.15) is 0 Å². The van der Waals surface area contributed by atoms with Gasteiger partial charge in [0.15, 0.2) is 9.84 Å². The molecule has 140 valence electrons. The second-order valence-electron chi connectivity index (χ2n) is 6.02. The van der Waals surface area contributed by atoms with Gasteiger partial charge < -0.3 is 10.2 Å². The van der Waals surface area contributed by atoms with Gasteiger partial charge in [0, 0.05) is 11.6 Å². The molecule has 0 aromatic heterocycles. The first kappa shape index (κ1) is 20.4. The van der Waals surface area contributed by atoms with Crippen molar-refractivity contribution < 1.29 is 23.4 Å². The van der Waals surface area contributed by atoms with Crippen LogP contribution >= 0.6 is 11.6 Å². The van der Waals surface area contributed by atoms with Gasteiger partial charge in [-0.25, -0.2) is 8.42 Å². The smallest absolute Gasteiger partial charge is 0.311 e. The van der Waals surface area contributed by atoms with Crippen LogP contribution in [0, 0.1) is 0 Å². The number of hydrogen-bond donors (Lipinski definition) is 2. The summed E-state index contributed by atoms with van der Waals surface area (Å²) in [7, 11) is -3.35. The highest BCUT2D eigenvalue weighted by Crippen LogP contribution is 2.21. The Labute approximate surface area is 158 Å². The van der Waals surface area contributed by atoms with Crippen LogP contribution in [-0.4, -0.2) is 37.0 Å². The number of carbonyl (C=O) groups is 1. The number of aliphatic hydroxyl groups is 1. The molecule has 2 N–H and O–H groups in total. The molecule has 0 saturated heterocycles. The van der Waals surface area contributed by atoms with E-state index in [0.717, 1.165) is 5.56 Å². The largest absolute Gasteiger partial charge is 0.481 e. The molecule has 2 aromatic rings. The van der Waals surface area contributed by atoms with E-state index in [0.29, 0.717) is 23.4 Å². The highest BCUT2D eigenvalue weighted by Gasteiger charge is 2.19. The number of aliphatic carboxylic acids is 1. The summed E-state index contributed by atoms with van der Waals surface area (Å²) in [6.45, 7) is -0.193. The normalized spacial score (nSPS) is 12.7. The molecule has 5 nitrogen and oxygen atoms in total. The topological polar surface area (TPSA) is 91.7 Å². The van der Waals surface area contributed by atoms with Crippen molar-refractivity contribution >= 4 is 27.4 Å². The molecule has 0 aliphatic heterocycles. The maximum Gasteiger partial charge on any atom is 0.311 e. The van der Waals surface area contributed by atoms with E-state index in [4.69, 9.17) is 16.7 Å². The van der Waals surface area contributed by atoms with E-state index in [9.17, 15) is 18.3 Å². The summed E-state index contributed by atoms with van der Waals surface area (Å²) in [5, 5.41) is 18.7. The molecule has 0 amide bonds. The second kappa shape index (κ2) is 9.16. The zero-order valence-electron chi connectivity index (χ0n) is 14.1. The third-order valence-corrected chi connectivity index (χ3v) is 6.22. The quantitative estimate of drug-likeness (QED) is 0.678. The number of sulfone groups is 1. The maximum absolute atomic E-state index is 12.3. The number of carboxylic acids is 1. The molecule has 0 aliphatic carbocycles. The summed E-state index contributed by atoms with van der Waals surface area (Å²) in [4.78, 5) is 11.5. The predicted octanol–water partition coefficient (Wildman–Crippen LogP) is 3.30. The molecule has 0 saturated carbocycles. The summed E-state index contributed by atoms with van der Waals surface area (Å²) >= 11 is 5.77. The molecule has 2 aromatic carbocycles. The molecule has 0 bridgehead atoms. The molecule has 0 radical (unpaired) electrons. The standard InChI is InChI=1S/C19H21ClO5S/c20-16-7-9-17(10-8-16)26(24,25)13-1-2-14-3-5-15(6-4-14)18(11-12-21)19(22)23/h3-10,18,21H,1-2,11-13H2,(H,22,23). The Morgan fingerprint density at radius 2 is 1.65 bits per heavy atom. The number of aryl methyl sites for hydroxylation is 1. The summed E-state index contributed by atoms with van der Waals surface area (Å²) in [5.74, 6) is -1.68. The van der Waals surface area contributed by atoms with Crippen molar-refractivity contribution in [3.63, 3.8) is 0 Å². The van der Waals surface area contributed by atoms with Crippen molar-refractivity contribution in [2.24, 2.45) is 0 Å². The van der Waals surface area contributed by atoms with Crippen LogP contribution in [0.3, 0.4) is 0 Å². The molecule has 2 rings (SSSR count). The van der Waals surface area contributed by atoms with E-state index in [1.165, 1.54) is 12.1 Å². The Morgan fingerprint density at radius 3 is 2.19 bits per heavy atom. The minimum absolute atomic E-state index is 0.0264. The molecule has 1 atom stereocenters. The highest BCUT2D eigenvalue weighted by molar-refractivity contribution is 7.91. The van der Waals surface area contributed by atoms with Gasteiger partial charge in [0.25, 0.3) is 0 Å². The lowest BCUT2D eigenvalue weighted by molar-refractivity contribution is -0.139. The van der Waals surface area contributed by atoms with Crippen LogP contribution < -0.4 is 0 Å². The van der Waals surface area contributed by atoms with Crippen LogP contribution in [0.5, 0.6) is 0 Å². The molecular weight excluding hydrogens is 376 g/mol. The van der Waals surface area contributed by atoms with Crippen LogP contribution in [0.25, 0.3) is 0 Å². The Hall–Kier alpha value is -1.89. The number of hydrogen-bond acceptors (Lipinski definition) is 4. The minimum atomic E-state index is -3.35. The molecular formula is C19H21ClO5S. The van der Waals surface area contributed by atoms with Crippen molar-refractivity contribution in [2.75, 3.05) is 12.4 Å². The van der Waals surface area contributed by atoms with Gasteiger partial charge in [0.2, 0.25) is 0 Å². The fraction of sp³-hybridized carbons (Fsp3) is 0.316. The van der Waals surface area contributed by atoms with Crippen molar-refractivity contribution in [3.05, 3.63) is 64.7 Å². The van der Waals surface area contributed by atoms with Crippen molar-refractivity contribution in [1.82, 2.24) is 0 Å². The zero-order chi connectivity index (χ0) is 19.2. The Bertz CT molecular complexity index is 829. The first-order valence-corrected chi connectivity index (χ1v) is 10.3. The van der Waals surface area contributed by atoms with Crippen LogP contribution in [0.15, 0.2) is 53.4 Å². The van der Waals surface area contributed by atoms with Crippen LogP contribution in [0.1, 0.15) is 29.9 Å². The second-order valence-corrected chi connectivity index (χ2v) is 8.57. The third kappa shape index (κ3) is 5.56. The Morgan fingerprint density at radius 1 is 1.04 bits per heavy atom. The summed E-state index contributed by atoms with van der Waals surface area (Å²) in [6.07, 6.45) is 1.20. The third-order valence-electron chi connectivity index (χ3n) is 4.15. The SMILES string of the molecule is O=C(O)C(CCO)c1ccc(CCCS(=O)(=O)c2ccc(Cl)cc2)cc1. The zero-order valence-corrected chi connectivity index (χ0v) is 15.7. The average molecular weight is 397 g/mol. The fourth-order valence-electron chi connectivity index (χ4n) is 2.70. The van der Waals surface area contributed by atoms with E-state index >= 15 is 0 Å². The van der Waals surface area contributed by atoms with Crippen LogP contribution in [0.2, 0.25) is 5.02 Å². The fourth-order valence-corrected chi connectivity index (χ4v) is 4.14. The van der Waals surface area contributed by atoms with Gasteiger partial charge >= 0.3 is 5.97 Å². The van der Waals surface area contributed by atoms with Gasteiger partial charge in [-0.1, -0.05) is 35.9 Å². The minimum Gasteiger partial charge on any atom is -0.481 e. The van der Waals surface area contributed by atoms with Gasteiger partial charge in [0.05, 0.1) is 16.6 Å². The van der Waals surface area contributed by atoms with Crippen molar-refractivity contribution in [1.29, 1.82) is 0 Å². The Balaban J connectivity index is 1.95. The van der Waals surface area contributed by atoms with Gasteiger partial charge in [0.1, 0.15) is 0 Å². The van der Waals surface area contributed by atoms with E-state index in [1.54, 1.807) is 36.4 Å². The van der Waals surface area contributed by atoms with Gasteiger partial charge in [-0.05, 0) is 54.7 Å². The van der Waals surface area contributed by atoms with Crippen molar-refractivity contribution in [3.8, 4) is 0 Å². The molecule has 26 heavy (non-hydrogen) atoms. The molecule has 7 heteroatoms. The number of halogens is 1. The predicted molar refractivity (Wildman–Crippen MR) is 100 cm³/mol. The first-order valence-electron chi connectivity index (χ1n) is 8.24.